The number of fused-ring (bicyclic) bond motifs is 1. The van der Waals surface area contributed by atoms with Gasteiger partial charge in [0.15, 0.2) is 0 Å². The summed E-state index contributed by atoms with van der Waals surface area (Å²) < 4.78 is 14.3. The summed E-state index contributed by atoms with van der Waals surface area (Å²) in [6.45, 7) is 3.41. The first kappa shape index (κ1) is 21.1. The fourth-order valence-electron chi connectivity index (χ4n) is 4.52. The Bertz CT molecular complexity index is 1340. The van der Waals surface area contributed by atoms with Crippen LogP contribution in [0.2, 0.25) is 0 Å². The van der Waals surface area contributed by atoms with E-state index < -0.39 is 5.91 Å². The third kappa shape index (κ3) is 4.05. The number of rotatable bonds is 4. The number of carbonyl (C=O) groups is 1. The van der Waals surface area contributed by atoms with Crippen LogP contribution >= 0.6 is 0 Å². The maximum absolute atomic E-state index is 14.3. The van der Waals surface area contributed by atoms with E-state index in [0.29, 0.717) is 11.3 Å². The second-order valence-electron chi connectivity index (χ2n) is 8.65. The van der Waals surface area contributed by atoms with Gasteiger partial charge < -0.3 is 21.4 Å². The molecule has 1 aliphatic rings. The third-order valence-electron chi connectivity index (χ3n) is 6.20. The fraction of sp³-hybridized carbons (Fsp3) is 0.240. The molecule has 5 rings (SSSR count). The molecule has 2 aromatic heterocycles. The molecule has 0 unspecified atom stereocenters. The zero-order valence-corrected chi connectivity index (χ0v) is 18.3. The lowest BCUT2D eigenvalue weighted by Gasteiger charge is -2.34. The smallest absolute Gasteiger partial charge is 0.248 e. The zero-order valence-electron chi connectivity index (χ0n) is 18.3. The number of aryl methyl sites for hydroxylation is 1. The average molecular weight is 445 g/mol. The highest BCUT2D eigenvalue weighted by Crippen LogP contribution is 2.39. The summed E-state index contributed by atoms with van der Waals surface area (Å²) in [7, 11) is 0. The van der Waals surface area contributed by atoms with Crippen LogP contribution in [0.4, 0.5) is 10.1 Å². The van der Waals surface area contributed by atoms with Gasteiger partial charge in [0, 0.05) is 41.2 Å². The number of anilines is 1. The van der Waals surface area contributed by atoms with Gasteiger partial charge in [0.1, 0.15) is 11.5 Å². The molecule has 33 heavy (non-hydrogen) atoms. The summed E-state index contributed by atoms with van der Waals surface area (Å²) in [5.74, 6) is -0.777. The Balaban J connectivity index is 1.70. The van der Waals surface area contributed by atoms with Gasteiger partial charge >= 0.3 is 0 Å². The topological polar surface area (TPSA) is 114 Å². The summed E-state index contributed by atoms with van der Waals surface area (Å²) in [6, 6.07) is 12.4. The summed E-state index contributed by atoms with van der Waals surface area (Å²) in [6.07, 6.45) is 3.41. The van der Waals surface area contributed by atoms with Gasteiger partial charge in [-0.3, -0.25) is 4.79 Å². The van der Waals surface area contributed by atoms with Gasteiger partial charge in [-0.15, -0.1) is 5.10 Å². The van der Waals surface area contributed by atoms with Crippen LogP contribution < -0.4 is 16.4 Å². The molecule has 1 fully saturated rings. The molecule has 168 valence electrons. The Labute approximate surface area is 190 Å². The van der Waals surface area contributed by atoms with E-state index in [4.69, 9.17) is 11.5 Å². The van der Waals surface area contributed by atoms with E-state index in [0.717, 1.165) is 64.9 Å². The summed E-state index contributed by atoms with van der Waals surface area (Å²) in [5.41, 5.74) is 17.5. The van der Waals surface area contributed by atoms with Crippen LogP contribution in [-0.4, -0.2) is 40.2 Å². The molecule has 1 saturated heterocycles. The van der Waals surface area contributed by atoms with Crippen molar-refractivity contribution >= 4 is 22.5 Å². The van der Waals surface area contributed by atoms with Crippen LogP contribution in [0.3, 0.4) is 0 Å². The number of nitrogens with two attached hydrogens (primary N) is 2. The average Bonchev–Trinajstić information content (AvgIpc) is 3.22. The number of hydrogen-bond donors (Lipinski definition) is 3. The van der Waals surface area contributed by atoms with Crippen LogP contribution in [-0.2, 0) is 0 Å². The van der Waals surface area contributed by atoms with Gasteiger partial charge in [-0.25, -0.2) is 4.39 Å². The molecule has 8 heteroatoms. The third-order valence-corrected chi connectivity index (χ3v) is 6.20. The lowest BCUT2D eigenvalue weighted by Crippen LogP contribution is -2.40. The molecule has 5 N–H and O–H groups in total. The van der Waals surface area contributed by atoms with E-state index in [9.17, 15) is 9.18 Å². The van der Waals surface area contributed by atoms with Gasteiger partial charge in [-0.2, -0.15) is 5.10 Å². The monoisotopic (exact) mass is 444 g/mol. The fourth-order valence-corrected chi connectivity index (χ4v) is 4.52. The van der Waals surface area contributed by atoms with Gasteiger partial charge in [0.05, 0.1) is 17.6 Å². The Kier molecular flexibility index (Phi) is 5.30. The van der Waals surface area contributed by atoms with Crippen LogP contribution in [0.25, 0.3) is 33.4 Å². The predicted octanol–water partition coefficient (Wildman–Crippen LogP) is 3.77. The molecule has 0 spiro atoms. The normalized spacial score (nSPS) is 14.7. The van der Waals surface area contributed by atoms with Crippen LogP contribution in [0.5, 0.6) is 0 Å². The SMILES string of the molecule is Cc1cc(F)cc(-c2cnnc(-c3cc4ccc(C(N)=O)cc4[nH]3)c2N2CCC(N)CC2)c1. The number of hydrogen-bond acceptors (Lipinski definition) is 5. The highest BCUT2D eigenvalue weighted by molar-refractivity contribution is 5.98. The number of carbonyl (C=O) groups excluding carboxylic acids is 1. The Hall–Kier alpha value is -3.78. The van der Waals surface area contributed by atoms with Crippen LogP contribution in [0.1, 0.15) is 28.8 Å². The number of nitrogens with one attached hydrogen (secondary N) is 1. The maximum atomic E-state index is 14.3. The number of aromatic nitrogens is 3. The number of aromatic amines is 1. The first-order chi connectivity index (χ1) is 15.9. The highest BCUT2D eigenvalue weighted by atomic mass is 19.1. The van der Waals surface area contributed by atoms with Crippen molar-refractivity contribution in [3.63, 3.8) is 0 Å². The first-order valence-electron chi connectivity index (χ1n) is 11.0. The number of benzene rings is 2. The summed E-state index contributed by atoms with van der Waals surface area (Å²) in [4.78, 5) is 17.2. The summed E-state index contributed by atoms with van der Waals surface area (Å²) >= 11 is 0. The second kappa shape index (κ2) is 8.29. The van der Waals surface area contributed by atoms with E-state index in [1.54, 1.807) is 18.3 Å². The van der Waals surface area contributed by atoms with Gasteiger partial charge in [0.25, 0.3) is 0 Å². The molecule has 0 saturated carbocycles. The van der Waals surface area contributed by atoms with E-state index in [-0.39, 0.29) is 11.9 Å². The minimum atomic E-state index is -0.485. The largest absolute Gasteiger partial charge is 0.369 e. The van der Waals surface area contributed by atoms with Crippen LogP contribution in [0, 0.1) is 12.7 Å². The molecule has 0 radical (unpaired) electrons. The molecule has 1 aliphatic heterocycles. The van der Waals surface area contributed by atoms with Crippen molar-refractivity contribution in [1.82, 2.24) is 15.2 Å². The minimum Gasteiger partial charge on any atom is -0.369 e. The molecule has 0 atom stereocenters. The molecule has 0 bridgehead atoms. The predicted molar refractivity (Wildman–Crippen MR) is 127 cm³/mol. The quantitative estimate of drug-likeness (QED) is 0.443. The molecule has 3 heterocycles. The van der Waals surface area contributed by atoms with Crippen LogP contribution in [0.15, 0.2) is 48.7 Å². The molecule has 2 aromatic carbocycles. The van der Waals surface area contributed by atoms with Crippen molar-refractivity contribution in [3.05, 3.63) is 65.6 Å². The van der Waals surface area contributed by atoms with E-state index in [1.807, 2.05) is 25.1 Å². The lowest BCUT2D eigenvalue weighted by atomic mass is 9.98. The second-order valence-corrected chi connectivity index (χ2v) is 8.65. The van der Waals surface area contributed by atoms with E-state index in [1.165, 1.54) is 12.1 Å². The van der Waals surface area contributed by atoms with Crippen molar-refractivity contribution in [2.24, 2.45) is 11.5 Å². The highest BCUT2D eigenvalue weighted by Gasteiger charge is 2.25. The van der Waals surface area contributed by atoms with Crippen molar-refractivity contribution in [1.29, 1.82) is 0 Å². The van der Waals surface area contributed by atoms with E-state index in [2.05, 4.69) is 20.1 Å². The Morgan fingerprint density at radius 1 is 1.15 bits per heavy atom. The Morgan fingerprint density at radius 3 is 2.67 bits per heavy atom. The van der Waals surface area contributed by atoms with E-state index >= 15 is 0 Å². The Morgan fingerprint density at radius 2 is 1.94 bits per heavy atom. The number of primary amides is 1. The minimum absolute atomic E-state index is 0.166. The van der Waals surface area contributed by atoms with Gasteiger partial charge in [-0.05, 0) is 61.2 Å². The molecule has 7 nitrogen and oxygen atoms in total. The molecule has 4 aromatic rings. The van der Waals surface area contributed by atoms with Gasteiger partial charge in [-0.1, -0.05) is 12.1 Å². The standard InChI is InChI=1S/C25H25FN6O/c1-14-8-17(10-18(26)9-14)20-13-29-31-23(24(20)32-6-4-19(27)5-7-32)22-11-15-2-3-16(25(28)33)12-21(15)30-22/h2-3,8-13,19,30H,4-7,27H2,1H3,(H2,28,33). The number of amides is 1. The lowest BCUT2D eigenvalue weighted by molar-refractivity contribution is 0.100. The molecular weight excluding hydrogens is 419 g/mol. The first-order valence-corrected chi connectivity index (χ1v) is 11.0. The molecular formula is C25H25FN6O. The number of piperidine rings is 1. The van der Waals surface area contributed by atoms with Crippen molar-refractivity contribution < 1.29 is 9.18 Å². The van der Waals surface area contributed by atoms with Gasteiger partial charge in [0.2, 0.25) is 5.91 Å². The molecule has 1 amide bonds. The van der Waals surface area contributed by atoms with Crippen molar-refractivity contribution in [2.75, 3.05) is 18.0 Å². The number of halogens is 1. The molecule has 0 aliphatic carbocycles. The maximum Gasteiger partial charge on any atom is 0.248 e. The number of H-pyrrole nitrogens is 1. The summed E-state index contributed by atoms with van der Waals surface area (Å²) in [5, 5.41) is 9.68. The van der Waals surface area contributed by atoms with Crippen molar-refractivity contribution in [2.45, 2.75) is 25.8 Å². The number of nitrogens with zero attached hydrogens (tertiary/aromatic N) is 3. The van der Waals surface area contributed by atoms with Crippen molar-refractivity contribution in [3.8, 4) is 22.5 Å². The zero-order chi connectivity index (χ0) is 23.1.